The zero-order valence-electron chi connectivity index (χ0n) is 18.6. The molecule has 2 heterocycles. The summed E-state index contributed by atoms with van der Waals surface area (Å²) in [5.41, 5.74) is 2.66. The summed E-state index contributed by atoms with van der Waals surface area (Å²) in [7, 11) is 0. The maximum Gasteiger partial charge on any atom is 0.295 e. The highest BCUT2D eigenvalue weighted by Gasteiger charge is 2.43. The molecule has 0 saturated carbocycles. The van der Waals surface area contributed by atoms with Crippen molar-refractivity contribution >= 4 is 50.1 Å². The molecule has 1 aliphatic rings. The van der Waals surface area contributed by atoms with E-state index in [1.165, 1.54) is 0 Å². The summed E-state index contributed by atoms with van der Waals surface area (Å²) in [6, 6.07) is 17.4. The molecule has 3 aromatic carbocycles. The van der Waals surface area contributed by atoms with Crippen LogP contribution in [0.4, 0.5) is 5.69 Å². The summed E-state index contributed by atoms with van der Waals surface area (Å²) in [5, 5.41) is 0.946. The first kappa shape index (κ1) is 22.7. The van der Waals surface area contributed by atoms with Crippen LogP contribution in [0, 0.1) is 6.92 Å². The number of rotatable bonds is 5. The fourth-order valence-corrected chi connectivity index (χ4v) is 4.79. The average Bonchev–Trinajstić information content (AvgIpc) is 3.13. The van der Waals surface area contributed by atoms with Gasteiger partial charge in [0.1, 0.15) is 11.3 Å². The van der Waals surface area contributed by atoms with E-state index < -0.39 is 6.04 Å². The van der Waals surface area contributed by atoms with Crippen molar-refractivity contribution in [2.45, 2.75) is 26.3 Å². The van der Waals surface area contributed by atoms with E-state index in [2.05, 4.69) is 15.9 Å². The zero-order valence-corrected chi connectivity index (χ0v) is 20.9. The molecule has 0 spiro atoms. The van der Waals surface area contributed by atoms with Crippen molar-refractivity contribution in [2.24, 2.45) is 0 Å². The lowest BCUT2D eigenvalue weighted by molar-refractivity contribution is 0.0971. The Labute approximate surface area is 210 Å². The van der Waals surface area contributed by atoms with Crippen LogP contribution in [-0.4, -0.2) is 12.5 Å². The Morgan fingerprint density at radius 1 is 1.09 bits per heavy atom. The van der Waals surface area contributed by atoms with E-state index in [4.69, 9.17) is 20.8 Å². The average molecular weight is 539 g/mol. The van der Waals surface area contributed by atoms with Gasteiger partial charge in [-0.2, -0.15) is 0 Å². The number of aryl methyl sites for hydroxylation is 1. The highest BCUT2D eigenvalue weighted by atomic mass is 79.9. The predicted molar refractivity (Wildman–Crippen MR) is 137 cm³/mol. The van der Waals surface area contributed by atoms with E-state index in [1.54, 1.807) is 29.2 Å². The van der Waals surface area contributed by atoms with E-state index >= 15 is 0 Å². The minimum atomic E-state index is -0.689. The van der Waals surface area contributed by atoms with Gasteiger partial charge in [0.25, 0.3) is 5.91 Å². The van der Waals surface area contributed by atoms with Gasteiger partial charge in [-0.25, -0.2) is 0 Å². The molecule has 1 aromatic heterocycles. The Morgan fingerprint density at radius 2 is 1.91 bits per heavy atom. The first-order chi connectivity index (χ1) is 16.4. The van der Waals surface area contributed by atoms with Gasteiger partial charge in [0, 0.05) is 15.2 Å². The number of carbonyl (C=O) groups excluding carboxylic acids is 1. The fraction of sp³-hybridized carbons (Fsp3) is 0.185. The summed E-state index contributed by atoms with van der Waals surface area (Å²) >= 11 is 9.84. The Kier molecular flexibility index (Phi) is 5.96. The number of ether oxygens (including phenoxy) is 1. The van der Waals surface area contributed by atoms with Crippen molar-refractivity contribution in [3.8, 4) is 5.75 Å². The Hall–Kier alpha value is -3.09. The van der Waals surface area contributed by atoms with Crippen molar-refractivity contribution in [3.05, 3.63) is 103 Å². The largest absolute Gasteiger partial charge is 0.494 e. The molecule has 5 rings (SSSR count). The summed E-state index contributed by atoms with van der Waals surface area (Å²) in [6.45, 7) is 4.50. The molecule has 1 aliphatic heterocycles. The SMILES string of the molecule is CCCOc1cccc(C2c3c(oc4ccc(Br)cc4c3=O)C(=O)N2c2ccc(C)c(Cl)c2)c1. The lowest BCUT2D eigenvalue weighted by Gasteiger charge is -2.26. The molecule has 1 atom stereocenters. The van der Waals surface area contributed by atoms with E-state index in [-0.39, 0.29) is 17.1 Å². The summed E-state index contributed by atoms with van der Waals surface area (Å²) in [4.78, 5) is 29.0. The number of carbonyl (C=O) groups is 1. The molecular weight excluding hydrogens is 518 g/mol. The van der Waals surface area contributed by atoms with Gasteiger partial charge in [0.15, 0.2) is 5.43 Å². The van der Waals surface area contributed by atoms with Crippen LogP contribution < -0.4 is 15.1 Å². The zero-order chi connectivity index (χ0) is 24.0. The fourth-order valence-electron chi connectivity index (χ4n) is 4.25. The topological polar surface area (TPSA) is 59.8 Å². The third-order valence-corrected chi connectivity index (χ3v) is 6.81. The van der Waals surface area contributed by atoms with Gasteiger partial charge < -0.3 is 9.15 Å². The van der Waals surface area contributed by atoms with Crippen LogP contribution in [0.2, 0.25) is 5.02 Å². The van der Waals surface area contributed by atoms with Gasteiger partial charge in [0.05, 0.1) is 23.6 Å². The van der Waals surface area contributed by atoms with Crippen molar-refractivity contribution in [3.63, 3.8) is 0 Å². The molecule has 0 aliphatic carbocycles. The number of fused-ring (bicyclic) bond motifs is 2. The summed E-state index contributed by atoms with van der Waals surface area (Å²) < 4.78 is 12.6. The van der Waals surface area contributed by atoms with Crippen LogP contribution in [0.1, 0.15) is 46.6 Å². The van der Waals surface area contributed by atoms with E-state index in [1.807, 2.05) is 50.2 Å². The second-order valence-corrected chi connectivity index (χ2v) is 9.57. The van der Waals surface area contributed by atoms with E-state index in [9.17, 15) is 9.59 Å². The molecule has 7 heteroatoms. The number of anilines is 1. The first-order valence-electron chi connectivity index (χ1n) is 11.0. The number of hydrogen-bond acceptors (Lipinski definition) is 4. The molecule has 34 heavy (non-hydrogen) atoms. The highest BCUT2D eigenvalue weighted by molar-refractivity contribution is 9.10. The minimum Gasteiger partial charge on any atom is -0.494 e. The maximum absolute atomic E-state index is 13.7. The maximum atomic E-state index is 13.7. The van der Waals surface area contributed by atoms with Crippen LogP contribution in [0.25, 0.3) is 11.0 Å². The number of amides is 1. The normalized spacial score (nSPS) is 15.1. The lowest BCUT2D eigenvalue weighted by atomic mass is 9.98. The first-order valence-corrected chi connectivity index (χ1v) is 12.1. The van der Waals surface area contributed by atoms with Crippen LogP contribution in [-0.2, 0) is 0 Å². The summed E-state index contributed by atoms with van der Waals surface area (Å²) in [5.74, 6) is 0.332. The molecule has 172 valence electrons. The third kappa shape index (κ3) is 3.81. The third-order valence-electron chi connectivity index (χ3n) is 5.91. The van der Waals surface area contributed by atoms with Crippen LogP contribution >= 0.6 is 27.5 Å². The van der Waals surface area contributed by atoms with Crippen LogP contribution in [0.3, 0.4) is 0 Å². The number of halogens is 2. The smallest absolute Gasteiger partial charge is 0.295 e. The monoisotopic (exact) mass is 537 g/mol. The summed E-state index contributed by atoms with van der Waals surface area (Å²) in [6.07, 6.45) is 0.868. The molecule has 0 saturated heterocycles. The molecular formula is C27H21BrClNO4. The van der Waals surface area contributed by atoms with E-state index in [0.29, 0.717) is 39.6 Å². The van der Waals surface area contributed by atoms with Gasteiger partial charge in [0.2, 0.25) is 5.76 Å². The van der Waals surface area contributed by atoms with Gasteiger partial charge in [-0.15, -0.1) is 0 Å². The predicted octanol–water partition coefficient (Wildman–Crippen LogP) is 7.06. The molecule has 4 aromatic rings. The van der Waals surface area contributed by atoms with Gasteiger partial charge in [-0.3, -0.25) is 14.5 Å². The lowest BCUT2D eigenvalue weighted by Crippen LogP contribution is -2.29. The van der Waals surface area contributed by atoms with Gasteiger partial charge >= 0.3 is 0 Å². The molecule has 0 bridgehead atoms. The molecule has 0 radical (unpaired) electrons. The van der Waals surface area contributed by atoms with Crippen LogP contribution in [0.5, 0.6) is 5.75 Å². The van der Waals surface area contributed by atoms with Crippen molar-refractivity contribution in [1.82, 2.24) is 0 Å². The Morgan fingerprint density at radius 3 is 2.68 bits per heavy atom. The van der Waals surface area contributed by atoms with E-state index in [0.717, 1.165) is 22.0 Å². The highest BCUT2D eigenvalue weighted by Crippen LogP contribution is 2.42. The number of nitrogens with zero attached hydrogens (tertiary/aromatic N) is 1. The van der Waals surface area contributed by atoms with Crippen molar-refractivity contribution < 1.29 is 13.9 Å². The van der Waals surface area contributed by atoms with Gasteiger partial charge in [-0.05, 0) is 66.9 Å². The van der Waals surface area contributed by atoms with Crippen molar-refractivity contribution in [1.29, 1.82) is 0 Å². The van der Waals surface area contributed by atoms with Crippen LogP contribution in [0.15, 0.2) is 74.3 Å². The quantitative estimate of drug-likeness (QED) is 0.273. The molecule has 0 fully saturated rings. The molecule has 5 nitrogen and oxygen atoms in total. The standard InChI is InChI=1S/C27H21BrClNO4/c1-3-11-33-19-6-4-5-16(12-19)24-23-25(31)20-13-17(28)8-10-22(20)34-26(23)27(32)30(24)18-9-7-15(2)21(29)14-18/h4-10,12-14,24H,3,11H2,1-2H3. The number of benzene rings is 3. The van der Waals surface area contributed by atoms with Gasteiger partial charge in [-0.1, -0.05) is 52.7 Å². The second-order valence-electron chi connectivity index (χ2n) is 8.25. The minimum absolute atomic E-state index is 0.0430. The number of hydrogen-bond donors (Lipinski definition) is 0. The Bertz CT molecular complexity index is 1500. The molecule has 1 unspecified atom stereocenters. The molecule has 0 N–H and O–H groups in total. The van der Waals surface area contributed by atoms with Crippen molar-refractivity contribution in [2.75, 3.05) is 11.5 Å². The Balaban J connectivity index is 1.77. The second kappa shape index (κ2) is 8.93. The molecule has 1 amide bonds.